The minimum atomic E-state index is -0.0718. The molecule has 0 aromatic heterocycles. The van der Waals surface area contributed by atoms with Crippen LogP contribution < -0.4 is 5.73 Å². The fraction of sp³-hybridized carbons (Fsp3) is 0.273. The van der Waals surface area contributed by atoms with E-state index in [1.165, 1.54) is 0 Å². The lowest BCUT2D eigenvalue weighted by Gasteiger charge is -2.13. The Morgan fingerprint density at radius 1 is 1.64 bits per heavy atom. The average molecular weight is 275 g/mol. The van der Waals surface area contributed by atoms with Gasteiger partial charge in [-0.2, -0.15) is 0 Å². The van der Waals surface area contributed by atoms with Crippen LogP contribution in [-0.2, 0) is 0 Å². The third-order valence-corrected chi connectivity index (χ3v) is 2.76. The molecule has 1 unspecified atom stereocenters. The summed E-state index contributed by atoms with van der Waals surface area (Å²) >= 11 is 9.44. The van der Waals surface area contributed by atoms with Crippen molar-refractivity contribution in [3.63, 3.8) is 0 Å². The molecule has 1 nitrogen and oxygen atoms in total. The monoisotopic (exact) mass is 273 g/mol. The molecule has 1 aromatic rings. The molecule has 1 rings (SSSR count). The van der Waals surface area contributed by atoms with E-state index in [9.17, 15) is 0 Å². The quantitative estimate of drug-likeness (QED) is 0.826. The molecule has 3 heteroatoms. The highest BCUT2D eigenvalue weighted by Crippen LogP contribution is 2.28. The van der Waals surface area contributed by atoms with Gasteiger partial charge in [-0.15, -0.1) is 6.58 Å². The molecule has 1 aromatic carbocycles. The first-order valence-corrected chi connectivity index (χ1v) is 5.52. The van der Waals surface area contributed by atoms with Gasteiger partial charge in [-0.05, 0) is 37.1 Å². The van der Waals surface area contributed by atoms with Crippen LogP contribution in [0, 0.1) is 0 Å². The van der Waals surface area contributed by atoms with Crippen molar-refractivity contribution in [2.24, 2.45) is 5.73 Å². The van der Waals surface area contributed by atoms with E-state index in [-0.39, 0.29) is 6.04 Å². The van der Waals surface area contributed by atoms with Gasteiger partial charge in [0, 0.05) is 15.5 Å². The molecule has 0 aliphatic carbocycles. The summed E-state index contributed by atoms with van der Waals surface area (Å²) in [6.45, 7) is 5.80. The number of rotatable bonds is 3. The van der Waals surface area contributed by atoms with E-state index >= 15 is 0 Å². The molecule has 0 amide bonds. The lowest BCUT2D eigenvalue weighted by molar-refractivity contribution is 0.717. The summed E-state index contributed by atoms with van der Waals surface area (Å²) in [5, 5.41) is 0.710. The number of benzene rings is 1. The van der Waals surface area contributed by atoms with Crippen LogP contribution in [0.3, 0.4) is 0 Å². The van der Waals surface area contributed by atoms with Gasteiger partial charge in [-0.25, -0.2) is 0 Å². The molecule has 0 bridgehead atoms. The molecular weight excluding hydrogens is 261 g/mol. The Morgan fingerprint density at radius 3 is 2.86 bits per heavy atom. The second-order valence-corrected chi connectivity index (χ2v) is 4.76. The van der Waals surface area contributed by atoms with Gasteiger partial charge in [0.25, 0.3) is 0 Å². The van der Waals surface area contributed by atoms with Crippen molar-refractivity contribution in [2.45, 2.75) is 19.4 Å². The van der Waals surface area contributed by atoms with E-state index in [1.807, 2.05) is 25.1 Å². The van der Waals surface area contributed by atoms with Crippen molar-refractivity contribution in [1.29, 1.82) is 0 Å². The van der Waals surface area contributed by atoms with Gasteiger partial charge in [-0.3, -0.25) is 0 Å². The normalized spacial score (nSPS) is 12.6. The third-order valence-electron chi connectivity index (χ3n) is 1.93. The lowest BCUT2D eigenvalue weighted by atomic mass is 10.0. The highest BCUT2D eigenvalue weighted by atomic mass is 79.9. The zero-order valence-corrected chi connectivity index (χ0v) is 10.4. The molecule has 0 fully saturated rings. The molecule has 0 heterocycles. The van der Waals surface area contributed by atoms with E-state index in [0.29, 0.717) is 5.02 Å². The molecule has 0 aliphatic heterocycles. The Balaban J connectivity index is 2.93. The van der Waals surface area contributed by atoms with Crippen molar-refractivity contribution in [1.82, 2.24) is 0 Å². The first-order valence-electron chi connectivity index (χ1n) is 4.35. The predicted molar refractivity (Wildman–Crippen MR) is 65.5 cm³/mol. The zero-order chi connectivity index (χ0) is 10.7. The second-order valence-electron chi connectivity index (χ2n) is 3.43. The highest BCUT2D eigenvalue weighted by Gasteiger charge is 2.10. The maximum absolute atomic E-state index is 6.04. The third kappa shape index (κ3) is 3.12. The van der Waals surface area contributed by atoms with Gasteiger partial charge < -0.3 is 5.73 Å². The molecule has 0 saturated heterocycles. The van der Waals surface area contributed by atoms with Crippen molar-refractivity contribution in [2.75, 3.05) is 0 Å². The minimum absolute atomic E-state index is 0.0718. The molecule has 0 radical (unpaired) electrons. The summed E-state index contributed by atoms with van der Waals surface area (Å²) in [4.78, 5) is 0. The highest BCUT2D eigenvalue weighted by molar-refractivity contribution is 9.10. The van der Waals surface area contributed by atoms with Gasteiger partial charge in [0.15, 0.2) is 0 Å². The number of hydrogen-bond donors (Lipinski definition) is 1. The van der Waals surface area contributed by atoms with Crippen LogP contribution in [0.1, 0.15) is 24.9 Å². The van der Waals surface area contributed by atoms with Gasteiger partial charge in [0.05, 0.1) is 0 Å². The standard InChI is InChI=1S/C11H13BrClN/c1-7(2)5-11(14)9-6-8(12)3-4-10(9)13/h3-4,6,11H,1,5,14H2,2H3. The first-order chi connectivity index (χ1) is 6.50. The first kappa shape index (κ1) is 11.8. The summed E-state index contributed by atoms with van der Waals surface area (Å²) in [6.07, 6.45) is 0.760. The summed E-state index contributed by atoms with van der Waals surface area (Å²) in [7, 11) is 0. The van der Waals surface area contributed by atoms with Crippen molar-refractivity contribution >= 4 is 27.5 Å². The van der Waals surface area contributed by atoms with E-state index in [2.05, 4.69) is 22.5 Å². The Hall–Kier alpha value is -0.310. The van der Waals surface area contributed by atoms with Crippen LogP contribution in [0.15, 0.2) is 34.8 Å². The Kier molecular flexibility index (Phi) is 4.17. The molecule has 2 N–H and O–H groups in total. The van der Waals surface area contributed by atoms with Crippen LogP contribution in [0.5, 0.6) is 0 Å². The summed E-state index contributed by atoms with van der Waals surface area (Å²) in [5.41, 5.74) is 8.03. The maximum Gasteiger partial charge on any atom is 0.0454 e. The van der Waals surface area contributed by atoms with Crippen molar-refractivity contribution < 1.29 is 0 Å². The average Bonchev–Trinajstić information content (AvgIpc) is 2.08. The second kappa shape index (κ2) is 4.96. The molecule has 76 valence electrons. The fourth-order valence-electron chi connectivity index (χ4n) is 1.28. The number of nitrogens with two attached hydrogens (primary N) is 1. The Morgan fingerprint density at radius 2 is 2.29 bits per heavy atom. The number of hydrogen-bond acceptors (Lipinski definition) is 1. The smallest absolute Gasteiger partial charge is 0.0454 e. The minimum Gasteiger partial charge on any atom is -0.324 e. The van der Waals surface area contributed by atoms with Crippen LogP contribution in [0.2, 0.25) is 5.02 Å². The van der Waals surface area contributed by atoms with Crippen LogP contribution >= 0.6 is 27.5 Å². The van der Waals surface area contributed by atoms with Crippen molar-refractivity contribution in [3.05, 3.63) is 45.4 Å². The van der Waals surface area contributed by atoms with E-state index < -0.39 is 0 Å². The SMILES string of the molecule is C=C(C)CC(N)c1cc(Br)ccc1Cl. The molecule has 0 aliphatic rings. The summed E-state index contributed by atoms with van der Waals surface area (Å²) in [6, 6.07) is 5.63. The van der Waals surface area contributed by atoms with Crippen molar-refractivity contribution in [3.8, 4) is 0 Å². The Labute approximate surface area is 98.1 Å². The molecule has 1 atom stereocenters. The van der Waals surface area contributed by atoms with E-state index in [1.54, 1.807) is 0 Å². The van der Waals surface area contributed by atoms with Crippen LogP contribution in [0.4, 0.5) is 0 Å². The largest absolute Gasteiger partial charge is 0.324 e. The summed E-state index contributed by atoms with van der Waals surface area (Å²) in [5.74, 6) is 0. The van der Waals surface area contributed by atoms with E-state index in [0.717, 1.165) is 22.0 Å². The van der Waals surface area contributed by atoms with E-state index in [4.69, 9.17) is 17.3 Å². The summed E-state index contributed by atoms with van der Waals surface area (Å²) < 4.78 is 0.995. The molecular formula is C11H13BrClN. The molecule has 14 heavy (non-hydrogen) atoms. The zero-order valence-electron chi connectivity index (χ0n) is 8.06. The maximum atomic E-state index is 6.04. The van der Waals surface area contributed by atoms with Gasteiger partial charge in [0.1, 0.15) is 0 Å². The fourth-order valence-corrected chi connectivity index (χ4v) is 1.92. The molecule has 0 saturated carbocycles. The topological polar surface area (TPSA) is 26.0 Å². The lowest BCUT2D eigenvalue weighted by Crippen LogP contribution is -2.10. The Bertz CT molecular complexity index is 349. The van der Waals surface area contributed by atoms with Gasteiger partial charge in [-0.1, -0.05) is 33.1 Å². The van der Waals surface area contributed by atoms with Gasteiger partial charge in [0.2, 0.25) is 0 Å². The molecule has 0 spiro atoms. The predicted octanol–water partition coefficient (Wildman–Crippen LogP) is 4.07. The number of halogens is 2. The van der Waals surface area contributed by atoms with Crippen LogP contribution in [-0.4, -0.2) is 0 Å². The van der Waals surface area contributed by atoms with Crippen LogP contribution in [0.25, 0.3) is 0 Å². The van der Waals surface area contributed by atoms with Gasteiger partial charge >= 0.3 is 0 Å².